The molecule has 146 valence electrons. The van der Waals surface area contributed by atoms with Crippen molar-refractivity contribution in [2.45, 2.75) is 31.8 Å². The molecule has 7 heteroatoms. The van der Waals surface area contributed by atoms with Crippen LogP contribution in [0.2, 0.25) is 0 Å². The minimum Gasteiger partial charge on any atom is -0.378 e. The summed E-state index contributed by atoms with van der Waals surface area (Å²) in [6.45, 7) is 1.17. The molecular formula is C20H27N3O4. The molecule has 0 N–H and O–H groups in total. The normalized spacial score (nSPS) is 20.3. The average molecular weight is 373 g/mol. The Labute approximate surface area is 159 Å². The van der Waals surface area contributed by atoms with Gasteiger partial charge in [-0.3, -0.25) is 14.4 Å². The van der Waals surface area contributed by atoms with E-state index < -0.39 is 0 Å². The lowest BCUT2D eigenvalue weighted by atomic mass is 10.1. The van der Waals surface area contributed by atoms with Crippen LogP contribution in [0.5, 0.6) is 0 Å². The van der Waals surface area contributed by atoms with Crippen LogP contribution >= 0.6 is 0 Å². The number of rotatable bonds is 5. The van der Waals surface area contributed by atoms with E-state index in [-0.39, 0.29) is 36.9 Å². The molecule has 1 aromatic carbocycles. The fourth-order valence-electron chi connectivity index (χ4n) is 3.50. The van der Waals surface area contributed by atoms with E-state index in [2.05, 4.69) is 0 Å². The van der Waals surface area contributed by atoms with Crippen molar-refractivity contribution in [1.82, 2.24) is 9.80 Å². The number of hydrogen-bond donors (Lipinski definition) is 0. The minimum absolute atomic E-state index is 0.102. The Morgan fingerprint density at radius 3 is 2.78 bits per heavy atom. The first-order valence-corrected chi connectivity index (χ1v) is 9.48. The molecule has 27 heavy (non-hydrogen) atoms. The fourth-order valence-corrected chi connectivity index (χ4v) is 3.50. The molecule has 2 aliphatic heterocycles. The Morgan fingerprint density at radius 2 is 2.04 bits per heavy atom. The fraction of sp³-hybridized carbons (Fsp3) is 0.550. The molecule has 0 radical (unpaired) electrons. The number of para-hydroxylation sites is 1. The predicted octanol–water partition coefficient (Wildman–Crippen LogP) is 1.52. The summed E-state index contributed by atoms with van der Waals surface area (Å²) < 4.78 is 5.70. The van der Waals surface area contributed by atoms with Crippen LogP contribution in [0.3, 0.4) is 0 Å². The van der Waals surface area contributed by atoms with Gasteiger partial charge in [-0.1, -0.05) is 12.1 Å². The standard InChI is InChI=1S/C20H27N3O4/c1-21(11-10-15-7-5-6-12-27-15)18(24)13-23-14-19(25)22(2)17-9-4-3-8-16(17)20(23)26/h3-4,8-9,15H,5-7,10-14H2,1-2H3/t15-/m1/s1. The second-order valence-electron chi connectivity index (χ2n) is 7.22. The molecule has 3 amide bonds. The summed E-state index contributed by atoms with van der Waals surface area (Å²) in [5.41, 5.74) is 1.02. The van der Waals surface area contributed by atoms with Crippen molar-refractivity contribution in [3.63, 3.8) is 0 Å². The maximum Gasteiger partial charge on any atom is 0.256 e. The van der Waals surface area contributed by atoms with Crippen LogP contribution < -0.4 is 4.90 Å². The molecule has 7 nitrogen and oxygen atoms in total. The van der Waals surface area contributed by atoms with Crippen LogP contribution in [0.15, 0.2) is 24.3 Å². The van der Waals surface area contributed by atoms with Gasteiger partial charge in [0.25, 0.3) is 5.91 Å². The van der Waals surface area contributed by atoms with E-state index in [1.807, 2.05) is 0 Å². The highest BCUT2D eigenvalue weighted by Gasteiger charge is 2.31. The Hall–Kier alpha value is -2.41. The maximum absolute atomic E-state index is 12.8. The number of anilines is 1. The zero-order valence-electron chi connectivity index (χ0n) is 16.0. The molecule has 1 saturated heterocycles. The second kappa shape index (κ2) is 8.52. The van der Waals surface area contributed by atoms with Gasteiger partial charge in [-0.15, -0.1) is 0 Å². The number of ether oxygens (including phenoxy) is 1. The number of hydrogen-bond acceptors (Lipinski definition) is 4. The van der Waals surface area contributed by atoms with Gasteiger partial charge in [-0.05, 0) is 37.8 Å². The highest BCUT2D eigenvalue weighted by molar-refractivity contribution is 6.10. The quantitative estimate of drug-likeness (QED) is 0.785. The summed E-state index contributed by atoms with van der Waals surface area (Å²) >= 11 is 0. The van der Waals surface area contributed by atoms with Crippen molar-refractivity contribution in [3.8, 4) is 0 Å². The monoisotopic (exact) mass is 373 g/mol. The van der Waals surface area contributed by atoms with Gasteiger partial charge in [0.2, 0.25) is 11.8 Å². The highest BCUT2D eigenvalue weighted by atomic mass is 16.5. The van der Waals surface area contributed by atoms with Crippen LogP contribution in [0.4, 0.5) is 5.69 Å². The SMILES string of the molecule is CN(CC[C@H]1CCCCO1)C(=O)CN1CC(=O)N(C)c2ccccc2C1=O. The number of benzene rings is 1. The lowest BCUT2D eigenvalue weighted by molar-refractivity contribution is -0.131. The first kappa shape index (κ1) is 19.4. The summed E-state index contributed by atoms with van der Waals surface area (Å²) in [6, 6.07) is 6.98. The van der Waals surface area contributed by atoms with E-state index in [0.717, 1.165) is 25.9 Å². The summed E-state index contributed by atoms with van der Waals surface area (Å²) in [5.74, 6) is -0.672. The molecule has 1 atom stereocenters. The summed E-state index contributed by atoms with van der Waals surface area (Å²) in [5, 5.41) is 0. The summed E-state index contributed by atoms with van der Waals surface area (Å²) in [7, 11) is 3.38. The van der Waals surface area contributed by atoms with Crippen molar-refractivity contribution in [2.75, 3.05) is 45.2 Å². The lowest BCUT2D eigenvalue weighted by Crippen LogP contribution is -2.44. The first-order chi connectivity index (χ1) is 13.0. The van der Waals surface area contributed by atoms with E-state index in [0.29, 0.717) is 17.8 Å². The smallest absolute Gasteiger partial charge is 0.256 e. The number of carbonyl (C=O) groups is 3. The molecule has 0 spiro atoms. The third-order valence-electron chi connectivity index (χ3n) is 5.30. The van der Waals surface area contributed by atoms with Gasteiger partial charge in [-0.25, -0.2) is 0 Å². The van der Waals surface area contributed by atoms with Crippen LogP contribution in [-0.4, -0.2) is 74.0 Å². The van der Waals surface area contributed by atoms with E-state index in [4.69, 9.17) is 4.74 Å². The Kier molecular flexibility index (Phi) is 6.11. The van der Waals surface area contributed by atoms with Crippen molar-refractivity contribution in [1.29, 1.82) is 0 Å². The Morgan fingerprint density at radius 1 is 1.26 bits per heavy atom. The molecule has 0 saturated carbocycles. The Balaban J connectivity index is 1.62. The lowest BCUT2D eigenvalue weighted by Gasteiger charge is -2.27. The van der Waals surface area contributed by atoms with Crippen molar-refractivity contribution in [3.05, 3.63) is 29.8 Å². The molecule has 0 aromatic heterocycles. The van der Waals surface area contributed by atoms with Crippen LogP contribution in [0.25, 0.3) is 0 Å². The van der Waals surface area contributed by atoms with E-state index in [1.165, 1.54) is 16.2 Å². The molecule has 1 aromatic rings. The zero-order chi connectivity index (χ0) is 19.4. The third kappa shape index (κ3) is 4.47. The van der Waals surface area contributed by atoms with Crippen LogP contribution in [0.1, 0.15) is 36.0 Å². The number of fused-ring (bicyclic) bond motifs is 1. The largest absolute Gasteiger partial charge is 0.378 e. The van der Waals surface area contributed by atoms with Gasteiger partial charge in [0.15, 0.2) is 0 Å². The number of likely N-dealkylation sites (N-methyl/N-ethyl adjacent to an activating group) is 2. The molecule has 0 bridgehead atoms. The van der Waals surface area contributed by atoms with Gasteiger partial charge >= 0.3 is 0 Å². The molecule has 0 aliphatic carbocycles. The van der Waals surface area contributed by atoms with Crippen LogP contribution in [-0.2, 0) is 14.3 Å². The minimum atomic E-state index is -0.291. The van der Waals surface area contributed by atoms with Crippen molar-refractivity contribution >= 4 is 23.4 Å². The van der Waals surface area contributed by atoms with Gasteiger partial charge in [-0.2, -0.15) is 0 Å². The number of nitrogens with zero attached hydrogens (tertiary/aromatic N) is 3. The molecular weight excluding hydrogens is 346 g/mol. The number of carbonyl (C=O) groups excluding carboxylic acids is 3. The number of amides is 3. The third-order valence-corrected chi connectivity index (χ3v) is 5.30. The predicted molar refractivity (Wildman–Crippen MR) is 102 cm³/mol. The van der Waals surface area contributed by atoms with E-state index in [9.17, 15) is 14.4 Å². The van der Waals surface area contributed by atoms with E-state index >= 15 is 0 Å². The van der Waals surface area contributed by atoms with Gasteiger partial charge < -0.3 is 19.4 Å². The Bertz CT molecular complexity index is 715. The summed E-state index contributed by atoms with van der Waals surface area (Å²) in [6.07, 6.45) is 4.30. The first-order valence-electron chi connectivity index (χ1n) is 9.48. The van der Waals surface area contributed by atoms with Gasteiger partial charge in [0.05, 0.1) is 17.4 Å². The average Bonchev–Trinajstić information content (AvgIpc) is 2.78. The van der Waals surface area contributed by atoms with Gasteiger partial charge in [0, 0.05) is 27.2 Å². The maximum atomic E-state index is 12.8. The molecule has 1 fully saturated rings. The summed E-state index contributed by atoms with van der Waals surface area (Å²) in [4.78, 5) is 42.3. The van der Waals surface area contributed by atoms with Crippen molar-refractivity contribution in [2.24, 2.45) is 0 Å². The van der Waals surface area contributed by atoms with Gasteiger partial charge in [0.1, 0.15) is 13.1 Å². The highest BCUT2D eigenvalue weighted by Crippen LogP contribution is 2.24. The molecule has 2 aliphatic rings. The zero-order valence-corrected chi connectivity index (χ0v) is 16.0. The molecule has 2 heterocycles. The van der Waals surface area contributed by atoms with Crippen LogP contribution in [0, 0.1) is 0 Å². The van der Waals surface area contributed by atoms with E-state index in [1.54, 1.807) is 43.3 Å². The topological polar surface area (TPSA) is 70.2 Å². The van der Waals surface area contributed by atoms with Crippen molar-refractivity contribution < 1.29 is 19.1 Å². The molecule has 3 rings (SSSR count). The molecule has 0 unspecified atom stereocenters. The second-order valence-corrected chi connectivity index (χ2v) is 7.22.